The molecule has 0 spiro atoms. The third-order valence-electron chi connectivity index (χ3n) is 5.20. The van der Waals surface area contributed by atoms with Crippen LogP contribution in [-0.2, 0) is 14.6 Å². The Hall–Kier alpha value is -2.05. The van der Waals surface area contributed by atoms with Crippen LogP contribution in [0.1, 0.15) is 31.2 Å². The minimum Gasteiger partial charge on any atom is -0.491 e. The number of hydrogen-bond donors (Lipinski definition) is 1. The Bertz CT molecular complexity index is 935. The summed E-state index contributed by atoms with van der Waals surface area (Å²) in [6.45, 7) is 2.46. The summed E-state index contributed by atoms with van der Waals surface area (Å²) in [7, 11) is -3.82. The molecule has 1 saturated carbocycles. The summed E-state index contributed by atoms with van der Waals surface area (Å²) in [5, 5.41) is 3.23. The fraction of sp³-hybridized carbons (Fsp3) is 0.381. The first-order valence-electron chi connectivity index (χ1n) is 9.34. The quantitative estimate of drug-likeness (QED) is 0.687. The van der Waals surface area contributed by atoms with Crippen LogP contribution in [0.3, 0.4) is 0 Å². The van der Waals surface area contributed by atoms with Gasteiger partial charge >= 0.3 is 0 Å². The van der Waals surface area contributed by atoms with Crippen LogP contribution in [0.5, 0.6) is 5.75 Å². The Kier molecular flexibility index (Phi) is 6.30. The van der Waals surface area contributed by atoms with Crippen LogP contribution in [0.4, 0.5) is 0 Å². The van der Waals surface area contributed by atoms with Gasteiger partial charge in [-0.05, 0) is 55.7 Å². The average Bonchev–Trinajstić information content (AvgIpc) is 3.18. The van der Waals surface area contributed by atoms with E-state index in [0.29, 0.717) is 30.7 Å². The highest BCUT2D eigenvalue weighted by Gasteiger charge is 2.52. The van der Waals surface area contributed by atoms with Crippen molar-refractivity contribution < 1.29 is 17.9 Å². The van der Waals surface area contributed by atoms with Gasteiger partial charge in [0.2, 0.25) is 5.91 Å². The first-order chi connectivity index (χ1) is 13.4. The molecule has 0 radical (unpaired) electrons. The predicted molar refractivity (Wildman–Crippen MR) is 110 cm³/mol. The maximum atomic E-state index is 13.3. The summed E-state index contributed by atoms with van der Waals surface area (Å²) in [5.74, 6) is 0.300. The molecule has 1 N–H and O–H groups in total. The number of carbonyl (C=O) groups excluding carboxylic acids is 1. The number of amides is 1. The average molecular weight is 422 g/mol. The van der Waals surface area contributed by atoms with Gasteiger partial charge in [-0.25, -0.2) is 8.42 Å². The van der Waals surface area contributed by atoms with Crippen LogP contribution in [0, 0.1) is 6.92 Å². The van der Waals surface area contributed by atoms with E-state index in [0.717, 1.165) is 11.3 Å². The SMILES string of the molecule is Cc1ccccc1OCCNC(=O)C1(S(=O)(=O)c2ccc(Cl)cc2)CCCC1. The van der Waals surface area contributed by atoms with Crippen molar-refractivity contribution in [2.45, 2.75) is 42.2 Å². The molecule has 0 heterocycles. The van der Waals surface area contributed by atoms with Crippen LogP contribution in [0.2, 0.25) is 5.02 Å². The molecule has 2 aromatic carbocycles. The molecule has 0 unspecified atom stereocenters. The third-order valence-corrected chi connectivity index (χ3v) is 7.97. The van der Waals surface area contributed by atoms with E-state index in [1.807, 2.05) is 31.2 Å². The van der Waals surface area contributed by atoms with Crippen molar-refractivity contribution in [1.29, 1.82) is 0 Å². The fourth-order valence-corrected chi connectivity index (χ4v) is 5.82. The van der Waals surface area contributed by atoms with E-state index < -0.39 is 20.5 Å². The van der Waals surface area contributed by atoms with Gasteiger partial charge in [-0.2, -0.15) is 0 Å². The van der Waals surface area contributed by atoms with Crippen molar-refractivity contribution in [3.05, 3.63) is 59.1 Å². The molecule has 1 amide bonds. The van der Waals surface area contributed by atoms with E-state index in [1.165, 1.54) is 24.3 Å². The van der Waals surface area contributed by atoms with Gasteiger partial charge < -0.3 is 10.1 Å². The van der Waals surface area contributed by atoms with E-state index in [9.17, 15) is 13.2 Å². The molecule has 0 aromatic heterocycles. The monoisotopic (exact) mass is 421 g/mol. The third kappa shape index (κ3) is 4.03. The topological polar surface area (TPSA) is 72.5 Å². The fourth-order valence-electron chi connectivity index (χ4n) is 3.61. The maximum absolute atomic E-state index is 13.3. The van der Waals surface area contributed by atoms with Gasteiger partial charge in [0.25, 0.3) is 0 Å². The predicted octanol–water partition coefficient (Wildman–Crippen LogP) is 3.93. The number of rotatable bonds is 7. The van der Waals surface area contributed by atoms with E-state index in [4.69, 9.17) is 16.3 Å². The molecule has 3 rings (SSSR count). The molecule has 150 valence electrons. The summed E-state index contributed by atoms with van der Waals surface area (Å²) in [6.07, 6.45) is 2.06. The molecule has 0 aliphatic heterocycles. The molecule has 0 atom stereocenters. The number of para-hydroxylation sites is 1. The van der Waals surface area contributed by atoms with Crippen molar-refractivity contribution in [2.24, 2.45) is 0 Å². The van der Waals surface area contributed by atoms with Gasteiger partial charge in [0.15, 0.2) is 14.6 Å². The highest BCUT2D eigenvalue weighted by atomic mass is 35.5. The van der Waals surface area contributed by atoms with Crippen molar-refractivity contribution in [2.75, 3.05) is 13.2 Å². The molecular formula is C21H24ClNO4S. The van der Waals surface area contributed by atoms with Crippen molar-refractivity contribution in [3.63, 3.8) is 0 Å². The number of sulfone groups is 1. The van der Waals surface area contributed by atoms with Crippen molar-refractivity contribution in [3.8, 4) is 5.75 Å². The molecule has 1 fully saturated rings. The number of carbonyl (C=O) groups is 1. The van der Waals surface area contributed by atoms with Gasteiger partial charge in [-0.3, -0.25) is 4.79 Å². The Labute approximate surface area is 171 Å². The van der Waals surface area contributed by atoms with Crippen LogP contribution in [-0.4, -0.2) is 32.2 Å². The summed E-state index contributed by atoms with van der Waals surface area (Å²) in [4.78, 5) is 13.1. The zero-order chi connectivity index (χ0) is 20.2. The van der Waals surface area contributed by atoms with Gasteiger partial charge in [0, 0.05) is 5.02 Å². The maximum Gasteiger partial charge on any atom is 0.241 e. The van der Waals surface area contributed by atoms with Gasteiger partial charge in [0.05, 0.1) is 11.4 Å². The molecule has 2 aromatic rings. The second-order valence-electron chi connectivity index (χ2n) is 7.03. The second kappa shape index (κ2) is 8.53. The van der Waals surface area contributed by atoms with E-state index in [2.05, 4.69) is 5.32 Å². The number of benzene rings is 2. The van der Waals surface area contributed by atoms with Gasteiger partial charge in [0.1, 0.15) is 12.4 Å². The van der Waals surface area contributed by atoms with Crippen molar-refractivity contribution in [1.82, 2.24) is 5.32 Å². The Morgan fingerprint density at radius 2 is 1.75 bits per heavy atom. The lowest BCUT2D eigenvalue weighted by atomic mass is 10.1. The van der Waals surface area contributed by atoms with E-state index in [-0.39, 0.29) is 18.0 Å². The van der Waals surface area contributed by atoms with Crippen LogP contribution in [0.25, 0.3) is 0 Å². The number of aryl methyl sites for hydroxylation is 1. The molecule has 1 aliphatic rings. The number of nitrogens with one attached hydrogen (secondary N) is 1. The Balaban J connectivity index is 1.70. The molecule has 5 nitrogen and oxygen atoms in total. The molecule has 0 saturated heterocycles. The summed E-state index contributed by atoms with van der Waals surface area (Å²) in [5.41, 5.74) is 1.01. The zero-order valence-electron chi connectivity index (χ0n) is 15.8. The first kappa shape index (κ1) is 20.7. The van der Waals surface area contributed by atoms with Crippen molar-refractivity contribution >= 4 is 27.3 Å². The standard InChI is InChI=1S/C21H24ClNO4S/c1-16-6-2-3-7-19(16)27-15-14-23-20(24)21(12-4-5-13-21)28(25,26)18-10-8-17(22)9-11-18/h2-3,6-11H,4-5,12-15H2,1H3,(H,23,24). The highest BCUT2D eigenvalue weighted by Crippen LogP contribution is 2.41. The molecule has 7 heteroatoms. The second-order valence-corrected chi connectivity index (χ2v) is 9.72. The summed E-state index contributed by atoms with van der Waals surface area (Å²) in [6, 6.07) is 13.6. The lowest BCUT2D eigenvalue weighted by Crippen LogP contribution is -2.51. The summed E-state index contributed by atoms with van der Waals surface area (Å²) >= 11 is 5.88. The molecule has 0 bridgehead atoms. The lowest BCUT2D eigenvalue weighted by Gasteiger charge is -2.27. The zero-order valence-corrected chi connectivity index (χ0v) is 17.4. The number of ether oxygens (including phenoxy) is 1. The molecule has 28 heavy (non-hydrogen) atoms. The van der Waals surface area contributed by atoms with Crippen LogP contribution in [0.15, 0.2) is 53.4 Å². The largest absolute Gasteiger partial charge is 0.491 e. The van der Waals surface area contributed by atoms with E-state index >= 15 is 0 Å². The first-order valence-corrected chi connectivity index (χ1v) is 11.2. The minimum atomic E-state index is -3.82. The highest BCUT2D eigenvalue weighted by molar-refractivity contribution is 7.93. The number of hydrogen-bond acceptors (Lipinski definition) is 4. The summed E-state index contributed by atoms with van der Waals surface area (Å²) < 4.78 is 30.8. The Morgan fingerprint density at radius 3 is 2.39 bits per heavy atom. The van der Waals surface area contributed by atoms with Gasteiger partial charge in [-0.15, -0.1) is 0 Å². The van der Waals surface area contributed by atoms with Crippen LogP contribution < -0.4 is 10.1 Å². The van der Waals surface area contributed by atoms with E-state index in [1.54, 1.807) is 0 Å². The normalized spacial score (nSPS) is 15.9. The minimum absolute atomic E-state index is 0.130. The number of halogens is 1. The van der Waals surface area contributed by atoms with Gasteiger partial charge in [-0.1, -0.05) is 42.6 Å². The smallest absolute Gasteiger partial charge is 0.241 e. The van der Waals surface area contributed by atoms with Crippen LogP contribution >= 0.6 is 11.6 Å². The Morgan fingerprint density at radius 1 is 1.11 bits per heavy atom. The lowest BCUT2D eigenvalue weighted by molar-refractivity contribution is -0.123. The molecule has 1 aliphatic carbocycles. The molecular weight excluding hydrogens is 398 g/mol.